The van der Waals surface area contributed by atoms with Gasteiger partial charge in [-0.05, 0) is 5.56 Å². The van der Waals surface area contributed by atoms with Crippen molar-refractivity contribution in [3.63, 3.8) is 0 Å². The Morgan fingerprint density at radius 2 is 1.94 bits per heavy atom. The van der Waals surface area contributed by atoms with Crippen molar-refractivity contribution in [1.82, 2.24) is 0 Å². The zero-order valence-corrected chi connectivity index (χ0v) is 10.4. The summed E-state index contributed by atoms with van der Waals surface area (Å²) in [7, 11) is -3.70. The van der Waals surface area contributed by atoms with E-state index < -0.39 is 21.6 Å². The predicted octanol–water partition coefficient (Wildman–Crippen LogP) is 0.320. The highest BCUT2D eigenvalue weighted by atomic mass is 32.2. The molecular weight excluding hydrogens is 262 g/mol. The van der Waals surface area contributed by atoms with Crippen LogP contribution in [-0.4, -0.2) is 30.2 Å². The molecule has 92 valence electrons. The fourth-order valence-electron chi connectivity index (χ4n) is 1.36. The van der Waals surface area contributed by atoms with Crippen LogP contribution in [0.3, 0.4) is 0 Å². The average molecular weight is 273 g/mol. The number of rotatable bonds is 5. The van der Waals surface area contributed by atoms with Gasteiger partial charge in [0.2, 0.25) is 0 Å². The van der Waals surface area contributed by atoms with E-state index in [-0.39, 0.29) is 10.7 Å². The Kier molecular flexibility index (Phi) is 4.19. The summed E-state index contributed by atoms with van der Waals surface area (Å²) in [6.45, 7) is 0. The fourth-order valence-corrected chi connectivity index (χ4v) is 2.77. The highest BCUT2D eigenvalue weighted by Crippen LogP contribution is 2.13. The molecule has 0 amide bonds. The van der Waals surface area contributed by atoms with E-state index in [0.717, 1.165) is 0 Å². The zero-order valence-electron chi connectivity index (χ0n) is 8.79. The standard InChI is InChI=1S/C10H11NO4S2/c11-10(16)8-4-2-1-3-7(8)5-17(14,15)6-9(12)13/h1-4H,5-6H2,(H2,11,16)(H,12,13). The maximum Gasteiger partial charge on any atom is 0.318 e. The Balaban J connectivity index is 3.04. The molecule has 1 aromatic carbocycles. The van der Waals surface area contributed by atoms with Gasteiger partial charge in [-0.15, -0.1) is 0 Å². The number of aliphatic carboxylic acids is 1. The molecule has 0 fully saturated rings. The highest BCUT2D eigenvalue weighted by molar-refractivity contribution is 7.91. The first-order valence-electron chi connectivity index (χ1n) is 4.62. The average Bonchev–Trinajstić information content (AvgIpc) is 2.14. The molecule has 1 rings (SSSR count). The molecule has 0 saturated carbocycles. The maximum absolute atomic E-state index is 11.5. The first-order valence-corrected chi connectivity index (χ1v) is 6.85. The van der Waals surface area contributed by atoms with E-state index >= 15 is 0 Å². The van der Waals surface area contributed by atoms with Gasteiger partial charge in [-0.25, -0.2) is 8.42 Å². The largest absolute Gasteiger partial charge is 0.480 e. The molecule has 5 nitrogen and oxygen atoms in total. The van der Waals surface area contributed by atoms with E-state index in [4.69, 9.17) is 23.1 Å². The normalized spacial score (nSPS) is 11.1. The number of thiocarbonyl (C=S) groups is 1. The third-order valence-corrected chi connectivity index (χ3v) is 3.66. The summed E-state index contributed by atoms with van der Waals surface area (Å²) in [6, 6.07) is 6.50. The highest BCUT2D eigenvalue weighted by Gasteiger charge is 2.18. The molecule has 1 aromatic rings. The number of carboxylic acids is 1. The molecule has 0 atom stereocenters. The van der Waals surface area contributed by atoms with E-state index in [1.165, 1.54) is 0 Å². The van der Waals surface area contributed by atoms with Gasteiger partial charge in [0.25, 0.3) is 0 Å². The minimum Gasteiger partial charge on any atom is -0.480 e. The molecule has 3 N–H and O–H groups in total. The van der Waals surface area contributed by atoms with Crippen molar-refractivity contribution >= 4 is 33.0 Å². The molecule has 17 heavy (non-hydrogen) atoms. The second-order valence-corrected chi connectivity index (χ2v) is 5.95. The Morgan fingerprint density at radius 3 is 2.47 bits per heavy atom. The number of sulfone groups is 1. The first kappa shape index (κ1) is 13.6. The summed E-state index contributed by atoms with van der Waals surface area (Å²) >= 11 is 4.79. The minimum atomic E-state index is -3.70. The van der Waals surface area contributed by atoms with Gasteiger partial charge < -0.3 is 10.8 Å². The molecule has 0 heterocycles. The summed E-state index contributed by atoms with van der Waals surface area (Å²) < 4.78 is 23.0. The molecule has 0 aromatic heterocycles. The Bertz CT molecular complexity index is 551. The van der Waals surface area contributed by atoms with E-state index in [1.54, 1.807) is 24.3 Å². The molecule has 0 saturated heterocycles. The lowest BCUT2D eigenvalue weighted by Gasteiger charge is -2.07. The van der Waals surface area contributed by atoms with Gasteiger partial charge in [0.1, 0.15) is 10.7 Å². The van der Waals surface area contributed by atoms with Crippen molar-refractivity contribution in [3.8, 4) is 0 Å². The van der Waals surface area contributed by atoms with Crippen LogP contribution in [-0.2, 0) is 20.4 Å². The lowest BCUT2D eigenvalue weighted by Crippen LogP contribution is -2.19. The molecular formula is C10H11NO4S2. The van der Waals surface area contributed by atoms with Gasteiger partial charge in [0.15, 0.2) is 9.84 Å². The van der Waals surface area contributed by atoms with Crippen molar-refractivity contribution in [3.05, 3.63) is 35.4 Å². The van der Waals surface area contributed by atoms with Crippen LogP contribution in [0.2, 0.25) is 0 Å². The van der Waals surface area contributed by atoms with Gasteiger partial charge in [0, 0.05) is 5.56 Å². The van der Waals surface area contributed by atoms with Gasteiger partial charge in [-0.3, -0.25) is 4.79 Å². The van der Waals surface area contributed by atoms with Crippen LogP contribution in [0.4, 0.5) is 0 Å². The zero-order chi connectivity index (χ0) is 13.1. The molecule has 0 unspecified atom stereocenters. The number of benzene rings is 1. The first-order chi connectivity index (χ1) is 7.82. The monoisotopic (exact) mass is 273 g/mol. The Morgan fingerprint density at radius 1 is 1.35 bits per heavy atom. The molecule has 0 radical (unpaired) electrons. The fraction of sp³-hybridized carbons (Fsp3) is 0.200. The van der Waals surface area contributed by atoms with E-state index in [0.29, 0.717) is 11.1 Å². The topological polar surface area (TPSA) is 97.5 Å². The molecule has 7 heteroatoms. The number of carbonyl (C=O) groups is 1. The van der Waals surface area contributed by atoms with Crippen LogP contribution in [0.5, 0.6) is 0 Å². The maximum atomic E-state index is 11.5. The van der Waals surface area contributed by atoms with E-state index in [9.17, 15) is 13.2 Å². The third kappa shape index (κ3) is 4.12. The quantitative estimate of drug-likeness (QED) is 0.750. The van der Waals surface area contributed by atoms with Crippen molar-refractivity contribution in [1.29, 1.82) is 0 Å². The van der Waals surface area contributed by atoms with Gasteiger partial charge >= 0.3 is 5.97 Å². The third-order valence-electron chi connectivity index (χ3n) is 2.00. The predicted molar refractivity (Wildman–Crippen MR) is 67.5 cm³/mol. The summed E-state index contributed by atoms with van der Waals surface area (Å²) in [5.74, 6) is -2.66. The lowest BCUT2D eigenvalue weighted by molar-refractivity contribution is -0.134. The van der Waals surface area contributed by atoms with Gasteiger partial charge in [-0.1, -0.05) is 36.5 Å². The van der Waals surface area contributed by atoms with Crippen molar-refractivity contribution < 1.29 is 18.3 Å². The SMILES string of the molecule is NC(=S)c1ccccc1CS(=O)(=O)CC(=O)O. The molecule has 0 aliphatic rings. The van der Waals surface area contributed by atoms with Crippen LogP contribution in [0.15, 0.2) is 24.3 Å². The van der Waals surface area contributed by atoms with Crippen LogP contribution in [0.25, 0.3) is 0 Å². The summed E-state index contributed by atoms with van der Waals surface area (Å²) in [6.07, 6.45) is 0. The van der Waals surface area contributed by atoms with E-state index in [1.807, 2.05) is 0 Å². The Hall–Kier alpha value is -1.47. The second kappa shape index (κ2) is 5.24. The van der Waals surface area contributed by atoms with Gasteiger partial charge in [-0.2, -0.15) is 0 Å². The summed E-state index contributed by atoms with van der Waals surface area (Å²) in [4.78, 5) is 10.5. The van der Waals surface area contributed by atoms with E-state index in [2.05, 4.69) is 0 Å². The van der Waals surface area contributed by atoms with Crippen molar-refractivity contribution in [2.45, 2.75) is 5.75 Å². The van der Waals surface area contributed by atoms with Crippen LogP contribution in [0, 0.1) is 0 Å². The number of nitrogens with two attached hydrogens (primary N) is 1. The molecule has 0 spiro atoms. The number of hydrogen-bond acceptors (Lipinski definition) is 4. The number of hydrogen-bond donors (Lipinski definition) is 2. The number of carboxylic acid groups (broad SMARTS) is 1. The molecule has 0 aliphatic carbocycles. The summed E-state index contributed by atoms with van der Waals surface area (Å²) in [5, 5.41) is 8.48. The van der Waals surface area contributed by atoms with Crippen LogP contribution >= 0.6 is 12.2 Å². The Labute approximate surface area is 104 Å². The van der Waals surface area contributed by atoms with Crippen LogP contribution < -0.4 is 5.73 Å². The minimum absolute atomic E-state index is 0.0890. The molecule has 0 aliphatic heterocycles. The van der Waals surface area contributed by atoms with Crippen molar-refractivity contribution in [2.75, 3.05) is 5.75 Å². The second-order valence-electron chi connectivity index (χ2n) is 3.45. The molecule has 0 bridgehead atoms. The van der Waals surface area contributed by atoms with Crippen LogP contribution in [0.1, 0.15) is 11.1 Å². The lowest BCUT2D eigenvalue weighted by atomic mass is 10.1. The summed E-state index contributed by atoms with van der Waals surface area (Å²) in [5.41, 5.74) is 6.33. The van der Waals surface area contributed by atoms with Crippen molar-refractivity contribution in [2.24, 2.45) is 5.73 Å². The smallest absolute Gasteiger partial charge is 0.318 e. The van der Waals surface area contributed by atoms with Gasteiger partial charge in [0.05, 0.1) is 5.75 Å².